The predicted molar refractivity (Wildman–Crippen MR) is 174 cm³/mol. The normalized spacial score (nSPS) is 26.6. The van der Waals surface area contributed by atoms with Crippen LogP contribution in [0, 0.1) is 29.4 Å². The van der Waals surface area contributed by atoms with E-state index < -0.39 is 86.2 Å². The highest BCUT2D eigenvalue weighted by atomic mass is 32.2. The number of sulfonamides is 1. The van der Waals surface area contributed by atoms with Gasteiger partial charge >= 0.3 is 6.09 Å². The minimum absolute atomic E-state index is 0.0276. The van der Waals surface area contributed by atoms with Crippen molar-refractivity contribution in [2.45, 2.75) is 75.0 Å². The Morgan fingerprint density at radius 2 is 1.76 bits per heavy atom. The van der Waals surface area contributed by atoms with Crippen LogP contribution < -0.4 is 15.4 Å². The van der Waals surface area contributed by atoms with Crippen molar-refractivity contribution in [3.8, 4) is 0 Å². The van der Waals surface area contributed by atoms with Gasteiger partial charge in [-0.15, -0.1) is 6.58 Å². The lowest BCUT2D eigenvalue weighted by Crippen LogP contribution is -2.58. The molecule has 4 aliphatic rings. The lowest BCUT2D eigenvalue weighted by molar-refractivity contribution is -0.140. The zero-order chi connectivity index (χ0) is 35.4. The van der Waals surface area contributed by atoms with E-state index in [2.05, 4.69) is 21.9 Å². The quantitative estimate of drug-likeness (QED) is 0.259. The number of rotatable bonds is 11. The third kappa shape index (κ3) is 6.47. The summed E-state index contributed by atoms with van der Waals surface area (Å²) in [5.74, 6) is -4.66. The number of hydrogen-bond acceptors (Lipinski definition) is 7. The van der Waals surface area contributed by atoms with Gasteiger partial charge in [0.25, 0.3) is 5.91 Å². The van der Waals surface area contributed by atoms with E-state index in [1.807, 2.05) is 0 Å². The first kappa shape index (κ1) is 34.3. The Bertz CT molecular complexity index is 1800. The number of halogens is 2. The van der Waals surface area contributed by atoms with E-state index >= 15 is 0 Å². The second-order valence-electron chi connectivity index (χ2n) is 13.7. The summed E-state index contributed by atoms with van der Waals surface area (Å²) in [7, 11) is -3.93. The molecule has 1 saturated heterocycles. The minimum Gasteiger partial charge on any atom is -0.465 e. The molecule has 6 atom stereocenters. The number of carboxylic acid groups (broad SMARTS) is 1. The third-order valence-corrected chi connectivity index (χ3v) is 11.9. The lowest BCUT2D eigenvalue weighted by Gasteiger charge is -2.32. The molecular weight excluding hydrogens is 660 g/mol. The molecule has 15 heteroatoms. The maximum atomic E-state index is 14.9. The molecule has 2 aliphatic carbocycles. The van der Waals surface area contributed by atoms with Gasteiger partial charge in [0, 0.05) is 29.6 Å². The average Bonchev–Trinajstić information content (AvgIpc) is 3.94. The van der Waals surface area contributed by atoms with Crippen LogP contribution in [-0.4, -0.2) is 76.6 Å². The summed E-state index contributed by atoms with van der Waals surface area (Å²) in [5.41, 5.74) is -0.478. The number of carbonyl (C=O) groups excluding carboxylic acids is 3. The molecule has 6 rings (SSSR count). The molecule has 2 aliphatic heterocycles. The molecule has 0 bridgehead atoms. The van der Waals surface area contributed by atoms with Gasteiger partial charge in [-0.05, 0) is 67.5 Å². The highest BCUT2D eigenvalue weighted by Gasteiger charge is 2.62. The van der Waals surface area contributed by atoms with Gasteiger partial charge in [-0.3, -0.25) is 24.0 Å². The van der Waals surface area contributed by atoms with E-state index in [0.717, 1.165) is 4.90 Å². The maximum absolute atomic E-state index is 14.9. The first-order valence-corrected chi connectivity index (χ1v) is 17.8. The molecule has 12 nitrogen and oxygen atoms in total. The molecular formula is C34H39F2N5O7S. The Hall–Kier alpha value is -4.53. The maximum Gasteiger partial charge on any atom is 0.408 e. The van der Waals surface area contributed by atoms with Crippen molar-refractivity contribution >= 4 is 39.5 Å². The number of nitrogens with one attached hydrogen (secondary N) is 3. The molecule has 2 heterocycles. The van der Waals surface area contributed by atoms with Crippen LogP contribution >= 0.6 is 0 Å². The molecule has 0 radical (unpaired) electrons. The van der Waals surface area contributed by atoms with Crippen molar-refractivity contribution in [1.29, 1.82) is 0 Å². The monoisotopic (exact) mass is 699 g/mol. The van der Waals surface area contributed by atoms with E-state index in [-0.39, 0.29) is 37.4 Å². The van der Waals surface area contributed by atoms with Gasteiger partial charge in [-0.25, -0.2) is 22.0 Å². The molecule has 2 saturated carbocycles. The van der Waals surface area contributed by atoms with Crippen LogP contribution in [0.2, 0.25) is 0 Å². The summed E-state index contributed by atoms with van der Waals surface area (Å²) < 4.78 is 55.9. The number of amides is 4. The molecule has 3 unspecified atom stereocenters. The van der Waals surface area contributed by atoms with Crippen molar-refractivity contribution in [1.82, 2.24) is 19.8 Å². The molecule has 49 heavy (non-hydrogen) atoms. The van der Waals surface area contributed by atoms with E-state index in [1.54, 1.807) is 19.9 Å². The van der Waals surface area contributed by atoms with E-state index in [9.17, 15) is 41.5 Å². The summed E-state index contributed by atoms with van der Waals surface area (Å²) in [5, 5.41) is 15.3. The fraction of sp³-hybridized carbons (Fsp3) is 0.471. The number of hydrogen-bond donors (Lipinski definition) is 4. The van der Waals surface area contributed by atoms with Gasteiger partial charge in [-0.1, -0.05) is 32.1 Å². The van der Waals surface area contributed by atoms with Gasteiger partial charge in [0.2, 0.25) is 21.8 Å². The molecule has 3 fully saturated rings. The van der Waals surface area contributed by atoms with Crippen molar-refractivity contribution in [3.63, 3.8) is 0 Å². The van der Waals surface area contributed by atoms with Crippen molar-refractivity contribution in [2.75, 3.05) is 11.9 Å². The predicted octanol–water partition coefficient (Wildman–Crippen LogP) is 3.52. The van der Waals surface area contributed by atoms with Crippen molar-refractivity contribution in [2.24, 2.45) is 17.8 Å². The van der Waals surface area contributed by atoms with E-state index in [0.29, 0.717) is 24.1 Å². The minimum atomic E-state index is -3.93. The lowest BCUT2D eigenvalue weighted by atomic mass is 9.90. The molecule has 4 amide bonds. The van der Waals surface area contributed by atoms with Gasteiger partial charge < -0.3 is 20.6 Å². The number of carbonyl (C=O) groups is 4. The fourth-order valence-electron chi connectivity index (χ4n) is 7.18. The Kier molecular flexibility index (Phi) is 8.92. The van der Waals surface area contributed by atoms with Crippen LogP contribution in [0.25, 0.3) is 0 Å². The molecule has 2 aromatic rings. The van der Waals surface area contributed by atoms with Gasteiger partial charge in [0.15, 0.2) is 0 Å². The van der Waals surface area contributed by atoms with Gasteiger partial charge in [-0.2, -0.15) is 0 Å². The van der Waals surface area contributed by atoms with Crippen LogP contribution in [0.3, 0.4) is 0 Å². The van der Waals surface area contributed by atoms with Crippen LogP contribution in [0.4, 0.5) is 19.3 Å². The van der Waals surface area contributed by atoms with Gasteiger partial charge in [0.05, 0.1) is 17.8 Å². The third-order valence-electron chi connectivity index (χ3n) is 10.1. The molecule has 262 valence electrons. The summed E-state index contributed by atoms with van der Waals surface area (Å²) in [6, 6.07) is 6.83. The number of benzene rings is 2. The first-order chi connectivity index (χ1) is 23.2. The van der Waals surface area contributed by atoms with Crippen LogP contribution in [0.5, 0.6) is 0 Å². The SMILES string of the molecule is C=CC1CC1(NC(=O)[C@@H]1C[C@@H](C2c3cccc(F)c3CN2C(=O)O)CN1C(=O)[C@@H](Nc1ccc(F)cc1)C(C)C)C(=O)NS(=O)(=O)C1CC1. The van der Waals surface area contributed by atoms with E-state index in [1.165, 1.54) is 47.4 Å². The smallest absolute Gasteiger partial charge is 0.408 e. The van der Waals surface area contributed by atoms with Crippen molar-refractivity contribution < 1.29 is 41.5 Å². The summed E-state index contributed by atoms with van der Waals surface area (Å²) >= 11 is 0. The molecule has 4 N–H and O–H groups in total. The summed E-state index contributed by atoms with van der Waals surface area (Å²) in [6.07, 6.45) is 1.10. The van der Waals surface area contributed by atoms with Crippen LogP contribution in [0.15, 0.2) is 55.1 Å². The average molecular weight is 700 g/mol. The first-order valence-electron chi connectivity index (χ1n) is 16.3. The Labute approximate surface area is 283 Å². The fourth-order valence-corrected chi connectivity index (χ4v) is 8.54. The highest BCUT2D eigenvalue weighted by molar-refractivity contribution is 7.91. The zero-order valence-corrected chi connectivity index (χ0v) is 27.9. The number of nitrogens with zero attached hydrogens (tertiary/aromatic N) is 2. The van der Waals surface area contributed by atoms with Crippen molar-refractivity contribution in [3.05, 3.63) is 77.9 Å². The number of fused-ring (bicyclic) bond motifs is 1. The summed E-state index contributed by atoms with van der Waals surface area (Å²) in [4.78, 5) is 56.9. The second kappa shape index (κ2) is 12.7. The second-order valence-corrected chi connectivity index (χ2v) is 15.7. The molecule has 2 aromatic carbocycles. The Balaban J connectivity index is 1.33. The molecule has 0 aromatic heterocycles. The van der Waals surface area contributed by atoms with Crippen LogP contribution in [-0.2, 0) is 31.0 Å². The zero-order valence-electron chi connectivity index (χ0n) is 27.1. The van der Waals surface area contributed by atoms with E-state index in [4.69, 9.17) is 0 Å². The number of likely N-dealkylation sites (tertiary alicyclic amines) is 1. The number of anilines is 1. The van der Waals surface area contributed by atoms with Crippen LogP contribution in [0.1, 0.15) is 56.7 Å². The Morgan fingerprint density at radius 3 is 2.35 bits per heavy atom. The largest absolute Gasteiger partial charge is 0.465 e. The van der Waals surface area contributed by atoms with Gasteiger partial charge in [0.1, 0.15) is 29.3 Å². The highest BCUT2D eigenvalue weighted by Crippen LogP contribution is 2.47. The summed E-state index contributed by atoms with van der Waals surface area (Å²) in [6.45, 7) is 7.04. The topological polar surface area (TPSA) is 165 Å². The Morgan fingerprint density at radius 1 is 1.06 bits per heavy atom. The molecule has 0 spiro atoms. The standard InChI is InChI=1S/C34H39F2N5O7S/c1-4-20-15-34(20,32(44)39-49(47,48)23-12-13-23)38-30(42)27-14-19(29-24-6-5-7-26(36)25(24)17-41(29)33(45)46)16-40(27)31(43)28(18(2)3)37-22-10-8-21(35)9-11-22/h4-11,18-20,23,27-29,37H,1,12-17H2,2-3H3,(H,38,42)(H,39,44)(H,45,46)/t19-,20?,27+,28+,29?,34?/m1/s1.